The molecule has 0 spiro atoms. The molecule has 0 saturated carbocycles. The molecule has 0 radical (unpaired) electrons. The molecule has 0 fully saturated rings. The molecule has 0 aromatic heterocycles. The van der Waals surface area contributed by atoms with E-state index in [4.69, 9.17) is 10.5 Å². The minimum Gasteiger partial charge on any atom is -0.487 e. The molecule has 1 aromatic carbocycles. The lowest BCUT2D eigenvalue weighted by atomic mass is 9.88. The van der Waals surface area contributed by atoms with Crippen molar-refractivity contribution in [1.82, 2.24) is 5.32 Å². The maximum absolute atomic E-state index is 12.3. The molecule has 5 heteroatoms. The van der Waals surface area contributed by atoms with E-state index in [2.05, 4.69) is 26.1 Å². The minimum absolute atomic E-state index is 0. The van der Waals surface area contributed by atoms with Gasteiger partial charge in [-0.25, -0.2) is 0 Å². The van der Waals surface area contributed by atoms with Gasteiger partial charge in [0.25, 0.3) is 0 Å². The molecular weight excluding hydrogens is 312 g/mol. The number of carbonyl (C=O) groups is 1. The number of carbonyl (C=O) groups excluding carboxylic acids is 1. The summed E-state index contributed by atoms with van der Waals surface area (Å²) in [4.78, 5) is 12.3. The van der Waals surface area contributed by atoms with Gasteiger partial charge in [-0.1, -0.05) is 20.8 Å². The topological polar surface area (TPSA) is 64.3 Å². The van der Waals surface area contributed by atoms with Crippen LogP contribution in [0, 0.1) is 5.41 Å². The molecule has 1 aliphatic heterocycles. The number of anilines is 1. The molecule has 23 heavy (non-hydrogen) atoms. The predicted octanol–water partition coefficient (Wildman–Crippen LogP) is 4.24. The number of rotatable bonds is 3. The zero-order valence-corrected chi connectivity index (χ0v) is 15.5. The largest absolute Gasteiger partial charge is 0.487 e. The molecule has 1 heterocycles. The van der Waals surface area contributed by atoms with Gasteiger partial charge in [0, 0.05) is 24.1 Å². The average Bonchev–Trinajstić information content (AvgIpc) is 2.35. The first-order valence-electron chi connectivity index (χ1n) is 7.94. The number of hydrogen-bond acceptors (Lipinski definition) is 3. The van der Waals surface area contributed by atoms with Crippen molar-refractivity contribution in [2.45, 2.75) is 65.5 Å². The van der Waals surface area contributed by atoms with Crippen LogP contribution in [0.3, 0.4) is 0 Å². The highest BCUT2D eigenvalue weighted by Gasteiger charge is 2.34. The van der Waals surface area contributed by atoms with E-state index in [0.717, 1.165) is 24.2 Å². The number of hydrogen-bond donors (Lipinski definition) is 2. The van der Waals surface area contributed by atoms with Crippen molar-refractivity contribution in [3.63, 3.8) is 0 Å². The molecule has 3 N–H and O–H groups in total. The summed E-state index contributed by atoms with van der Waals surface area (Å²) in [6.45, 7) is 10.5. The predicted molar refractivity (Wildman–Crippen MR) is 97.0 cm³/mol. The minimum atomic E-state index is -0.301. The zero-order chi connectivity index (χ0) is 16.5. The smallest absolute Gasteiger partial charge is 0.220 e. The Hall–Kier alpha value is -1.42. The molecule has 4 nitrogen and oxygen atoms in total. The Morgan fingerprint density at radius 1 is 1.39 bits per heavy atom. The number of benzene rings is 1. The number of ether oxygens (including phenoxy) is 1. The summed E-state index contributed by atoms with van der Waals surface area (Å²) in [5.74, 6) is 0.901. The third kappa shape index (κ3) is 5.61. The molecule has 0 saturated heterocycles. The van der Waals surface area contributed by atoms with Crippen molar-refractivity contribution in [1.29, 1.82) is 0 Å². The molecule has 0 aliphatic carbocycles. The van der Waals surface area contributed by atoms with Crippen LogP contribution in [0.25, 0.3) is 0 Å². The van der Waals surface area contributed by atoms with Crippen LogP contribution in [0.5, 0.6) is 5.75 Å². The Labute approximate surface area is 145 Å². The first-order valence-corrected chi connectivity index (χ1v) is 7.94. The van der Waals surface area contributed by atoms with E-state index in [-0.39, 0.29) is 35.4 Å². The van der Waals surface area contributed by atoms with Crippen LogP contribution < -0.4 is 15.8 Å². The molecule has 1 aromatic rings. The third-order valence-electron chi connectivity index (χ3n) is 3.93. The first-order chi connectivity index (χ1) is 10.1. The monoisotopic (exact) mass is 340 g/mol. The first kappa shape index (κ1) is 19.6. The number of nitrogens with two attached hydrogens (primary N) is 1. The quantitative estimate of drug-likeness (QED) is 0.809. The van der Waals surface area contributed by atoms with Crippen LogP contribution in [0.2, 0.25) is 0 Å². The fraction of sp³-hybridized carbons (Fsp3) is 0.611. The van der Waals surface area contributed by atoms with Gasteiger partial charge in [-0.15, -0.1) is 12.4 Å². The molecule has 130 valence electrons. The summed E-state index contributed by atoms with van der Waals surface area (Å²) in [5, 5.41) is 3.16. The van der Waals surface area contributed by atoms with Gasteiger partial charge in [0.15, 0.2) is 0 Å². The highest BCUT2D eigenvalue weighted by Crippen LogP contribution is 2.40. The van der Waals surface area contributed by atoms with Gasteiger partial charge in [0.05, 0.1) is 6.04 Å². The van der Waals surface area contributed by atoms with Crippen molar-refractivity contribution in [2.24, 2.45) is 5.41 Å². The van der Waals surface area contributed by atoms with Gasteiger partial charge in [-0.05, 0) is 43.9 Å². The van der Waals surface area contributed by atoms with Crippen LogP contribution in [0.1, 0.15) is 65.5 Å². The molecule has 1 aliphatic rings. The molecular formula is C18H29ClN2O2. The van der Waals surface area contributed by atoms with Gasteiger partial charge in [0.2, 0.25) is 5.91 Å². The van der Waals surface area contributed by atoms with E-state index < -0.39 is 0 Å². The Morgan fingerprint density at radius 2 is 2.04 bits per heavy atom. The zero-order valence-electron chi connectivity index (χ0n) is 14.7. The van der Waals surface area contributed by atoms with E-state index in [1.54, 1.807) is 0 Å². The molecule has 0 bridgehead atoms. The SMILES string of the molecule is CC(C)(C)CCC(=O)NC1CC(C)(C)Oc2ccc(N)cc21.Cl. The molecule has 1 atom stereocenters. The lowest BCUT2D eigenvalue weighted by Crippen LogP contribution is -2.41. The summed E-state index contributed by atoms with van der Waals surface area (Å²) in [7, 11) is 0. The number of fused-ring (bicyclic) bond motifs is 1. The van der Waals surface area contributed by atoms with Gasteiger partial charge < -0.3 is 15.8 Å². The highest BCUT2D eigenvalue weighted by atomic mass is 35.5. The fourth-order valence-corrected chi connectivity index (χ4v) is 2.76. The number of amides is 1. The second-order valence-corrected chi connectivity index (χ2v) is 8.04. The van der Waals surface area contributed by atoms with Crippen LogP contribution in [0.4, 0.5) is 5.69 Å². The van der Waals surface area contributed by atoms with Crippen LogP contribution in [0.15, 0.2) is 18.2 Å². The van der Waals surface area contributed by atoms with Gasteiger partial charge in [-0.3, -0.25) is 4.79 Å². The Morgan fingerprint density at radius 3 is 2.65 bits per heavy atom. The van der Waals surface area contributed by atoms with Crippen molar-refractivity contribution >= 4 is 24.0 Å². The summed E-state index contributed by atoms with van der Waals surface area (Å²) in [5.41, 5.74) is 7.42. The normalized spacial score (nSPS) is 19.1. The lowest BCUT2D eigenvalue weighted by Gasteiger charge is -2.38. The summed E-state index contributed by atoms with van der Waals surface area (Å²) >= 11 is 0. The van der Waals surface area contributed by atoms with Crippen LogP contribution >= 0.6 is 12.4 Å². The molecule has 1 amide bonds. The number of halogens is 1. The van der Waals surface area contributed by atoms with Crippen molar-refractivity contribution in [3.8, 4) is 5.75 Å². The maximum atomic E-state index is 12.3. The standard InChI is InChI=1S/C18H28N2O2.ClH/c1-17(2,3)9-8-16(21)20-14-11-18(4,5)22-15-7-6-12(19)10-13(14)15;/h6-7,10,14H,8-9,11,19H2,1-5H3,(H,20,21);1H. The maximum Gasteiger partial charge on any atom is 0.220 e. The van der Waals surface area contributed by atoms with Gasteiger partial charge in [-0.2, -0.15) is 0 Å². The highest BCUT2D eigenvalue weighted by molar-refractivity contribution is 5.85. The summed E-state index contributed by atoms with van der Waals surface area (Å²) in [6.07, 6.45) is 2.15. The van der Waals surface area contributed by atoms with E-state index in [9.17, 15) is 4.79 Å². The Kier molecular flexibility index (Phi) is 5.97. The number of nitrogens with one attached hydrogen (secondary N) is 1. The lowest BCUT2D eigenvalue weighted by molar-refractivity contribution is -0.122. The fourth-order valence-electron chi connectivity index (χ4n) is 2.76. The van der Waals surface area contributed by atoms with Crippen molar-refractivity contribution in [2.75, 3.05) is 5.73 Å². The van der Waals surface area contributed by atoms with Crippen molar-refractivity contribution < 1.29 is 9.53 Å². The summed E-state index contributed by atoms with van der Waals surface area (Å²) in [6, 6.07) is 5.58. The second-order valence-electron chi connectivity index (χ2n) is 8.04. The Bertz CT molecular complexity index is 565. The molecule has 2 rings (SSSR count). The van der Waals surface area contributed by atoms with Crippen LogP contribution in [-0.4, -0.2) is 11.5 Å². The van der Waals surface area contributed by atoms with Crippen LogP contribution in [-0.2, 0) is 4.79 Å². The number of nitrogen functional groups attached to an aromatic ring is 1. The average molecular weight is 341 g/mol. The Balaban J connectivity index is 0.00000264. The summed E-state index contributed by atoms with van der Waals surface area (Å²) < 4.78 is 5.99. The van der Waals surface area contributed by atoms with Crippen molar-refractivity contribution in [3.05, 3.63) is 23.8 Å². The second kappa shape index (κ2) is 7.00. The van der Waals surface area contributed by atoms with E-state index in [1.807, 2.05) is 32.0 Å². The van der Waals surface area contributed by atoms with E-state index in [1.165, 1.54) is 0 Å². The van der Waals surface area contributed by atoms with Gasteiger partial charge in [0.1, 0.15) is 11.4 Å². The third-order valence-corrected chi connectivity index (χ3v) is 3.93. The van der Waals surface area contributed by atoms with E-state index in [0.29, 0.717) is 12.1 Å². The van der Waals surface area contributed by atoms with Gasteiger partial charge >= 0.3 is 0 Å². The molecule has 1 unspecified atom stereocenters. The van der Waals surface area contributed by atoms with E-state index >= 15 is 0 Å².